The van der Waals surface area contributed by atoms with E-state index in [0.29, 0.717) is 6.61 Å². The van der Waals surface area contributed by atoms with Crippen molar-refractivity contribution in [3.8, 4) is 0 Å². The monoisotopic (exact) mass is 466 g/mol. The Morgan fingerprint density at radius 3 is 2.80 bits per heavy atom. The van der Waals surface area contributed by atoms with Gasteiger partial charge in [0.05, 0.1) is 18.3 Å². The minimum absolute atomic E-state index is 0. The lowest BCUT2D eigenvalue weighted by Crippen LogP contribution is -2.54. The molecule has 0 spiro atoms. The summed E-state index contributed by atoms with van der Waals surface area (Å²) in [4.78, 5) is 15.5. The average molecular weight is 466 g/mol. The van der Waals surface area contributed by atoms with E-state index in [1.54, 1.807) is 14.1 Å². The Balaban J connectivity index is 0.00000312. The molecule has 144 valence electrons. The van der Waals surface area contributed by atoms with Crippen molar-refractivity contribution >= 4 is 29.9 Å². The van der Waals surface area contributed by atoms with E-state index in [1.165, 1.54) is 10.6 Å². The Morgan fingerprint density at radius 1 is 1.48 bits per heavy atom. The molecule has 1 aliphatic heterocycles. The number of aromatic nitrogens is 2. The van der Waals surface area contributed by atoms with Crippen molar-refractivity contribution in [3.63, 3.8) is 0 Å². The van der Waals surface area contributed by atoms with Crippen LogP contribution in [0.4, 0.5) is 0 Å². The number of carbonyl (C=O) groups excluding carboxylic acids is 1. The van der Waals surface area contributed by atoms with Gasteiger partial charge in [-0.2, -0.15) is 5.10 Å². The van der Waals surface area contributed by atoms with Crippen molar-refractivity contribution in [1.82, 2.24) is 19.6 Å². The molecule has 2 heterocycles. The minimum Gasteiger partial charge on any atom is -0.369 e. The maximum atomic E-state index is 11.6. The van der Waals surface area contributed by atoms with Crippen molar-refractivity contribution in [3.05, 3.63) is 18.0 Å². The molecule has 0 radical (unpaired) electrons. The van der Waals surface area contributed by atoms with E-state index in [4.69, 9.17) is 9.47 Å². The minimum atomic E-state index is -0.218. The Hall–Kier alpha value is -0.710. The normalized spacial score (nSPS) is 20.1. The van der Waals surface area contributed by atoms with Crippen LogP contribution in [0.1, 0.15) is 19.5 Å². The molecule has 7 nitrogen and oxygen atoms in total. The van der Waals surface area contributed by atoms with Gasteiger partial charge in [0.2, 0.25) is 5.91 Å². The Morgan fingerprint density at radius 2 is 2.20 bits per heavy atom. The lowest BCUT2D eigenvalue weighted by Gasteiger charge is -2.42. The van der Waals surface area contributed by atoms with Gasteiger partial charge in [0.25, 0.3) is 0 Å². The molecular formula is C17H31IN4O3. The molecule has 2 rings (SSSR count). The highest BCUT2D eigenvalue weighted by molar-refractivity contribution is 14.0. The van der Waals surface area contributed by atoms with Crippen LogP contribution in [-0.4, -0.2) is 84.1 Å². The maximum absolute atomic E-state index is 11.6. The molecule has 8 heteroatoms. The number of amides is 1. The molecule has 1 aliphatic rings. The van der Waals surface area contributed by atoms with Gasteiger partial charge in [-0.15, -0.1) is 24.0 Å². The highest BCUT2D eigenvalue weighted by atomic mass is 127. The summed E-state index contributed by atoms with van der Waals surface area (Å²) in [6.45, 7) is 7.39. The lowest BCUT2D eigenvalue weighted by atomic mass is 10.0. The molecule has 0 aliphatic carbocycles. The number of hydrogen-bond donors (Lipinski definition) is 0. The van der Waals surface area contributed by atoms with Crippen LogP contribution in [0.25, 0.3) is 0 Å². The smallest absolute Gasteiger partial charge is 0.248 e. The van der Waals surface area contributed by atoms with Gasteiger partial charge in [0, 0.05) is 59.1 Å². The first-order chi connectivity index (χ1) is 11.3. The van der Waals surface area contributed by atoms with Gasteiger partial charge in [-0.1, -0.05) is 0 Å². The molecule has 1 fully saturated rings. The third-order valence-corrected chi connectivity index (χ3v) is 4.19. The number of carbonyl (C=O) groups is 1. The molecule has 25 heavy (non-hydrogen) atoms. The van der Waals surface area contributed by atoms with Gasteiger partial charge in [-0.3, -0.25) is 14.4 Å². The number of morpholine rings is 1. The van der Waals surface area contributed by atoms with Crippen LogP contribution in [0.3, 0.4) is 0 Å². The number of likely N-dealkylation sites (N-methyl/N-ethyl adjacent to an activating group) is 1. The Labute approximate surface area is 167 Å². The van der Waals surface area contributed by atoms with Gasteiger partial charge in [-0.25, -0.2) is 0 Å². The van der Waals surface area contributed by atoms with E-state index in [9.17, 15) is 4.79 Å². The summed E-state index contributed by atoms with van der Waals surface area (Å²) in [5.41, 5.74) is 1.01. The Bertz CT molecular complexity index is 548. The largest absolute Gasteiger partial charge is 0.369 e. The topological polar surface area (TPSA) is 59.8 Å². The fraction of sp³-hybridized carbons (Fsp3) is 0.765. The third kappa shape index (κ3) is 7.20. The highest BCUT2D eigenvalue weighted by Crippen LogP contribution is 2.21. The van der Waals surface area contributed by atoms with E-state index >= 15 is 0 Å². The number of ether oxygens (including phenoxy) is 2. The summed E-state index contributed by atoms with van der Waals surface area (Å²) in [6.07, 6.45) is 2.77. The molecule has 1 aromatic rings. The lowest BCUT2D eigenvalue weighted by molar-refractivity contribution is -0.159. The van der Waals surface area contributed by atoms with Gasteiger partial charge in [0.1, 0.15) is 6.61 Å². The summed E-state index contributed by atoms with van der Waals surface area (Å²) in [5.74, 6) is -0.0295. The maximum Gasteiger partial charge on any atom is 0.248 e. The van der Waals surface area contributed by atoms with Gasteiger partial charge >= 0.3 is 0 Å². The molecule has 1 aromatic heterocycles. The summed E-state index contributed by atoms with van der Waals surface area (Å²) in [5, 5.41) is 4.21. The zero-order chi connectivity index (χ0) is 17.7. The van der Waals surface area contributed by atoms with Crippen molar-refractivity contribution in [2.75, 3.05) is 46.9 Å². The fourth-order valence-corrected chi connectivity index (χ4v) is 3.00. The molecule has 1 amide bonds. The van der Waals surface area contributed by atoms with Gasteiger partial charge < -0.3 is 14.4 Å². The highest BCUT2D eigenvalue weighted by Gasteiger charge is 2.33. The standard InChI is InChI=1S/C17H30N4O3.HI/c1-17(2)13-21(9-7-14-6-8-18-20(14)5)10-15(24-17)11-23-12-16(22)19(3)4;/h6,8,15H,7,9-13H2,1-5H3;1H. The number of rotatable bonds is 7. The van der Waals surface area contributed by atoms with Crippen LogP contribution in [0.5, 0.6) is 0 Å². The predicted molar refractivity (Wildman–Crippen MR) is 107 cm³/mol. The predicted octanol–water partition coefficient (Wildman–Crippen LogP) is 1.16. The fourth-order valence-electron chi connectivity index (χ4n) is 3.00. The SMILES string of the molecule is CN(C)C(=O)COCC1CN(CCc2ccnn2C)CC(C)(C)O1.I. The zero-order valence-corrected chi connectivity index (χ0v) is 18.2. The molecule has 1 atom stereocenters. The van der Waals surface area contributed by atoms with Crippen molar-refractivity contribution < 1.29 is 14.3 Å². The third-order valence-electron chi connectivity index (χ3n) is 4.19. The van der Waals surface area contributed by atoms with Gasteiger partial charge in [0.15, 0.2) is 0 Å². The van der Waals surface area contributed by atoms with Crippen LogP contribution in [0, 0.1) is 0 Å². The number of halogens is 1. The molecule has 0 saturated carbocycles. The van der Waals surface area contributed by atoms with Crippen LogP contribution in [0.2, 0.25) is 0 Å². The van der Waals surface area contributed by atoms with Crippen LogP contribution in [-0.2, 0) is 27.7 Å². The summed E-state index contributed by atoms with van der Waals surface area (Å²) in [6, 6.07) is 2.05. The van der Waals surface area contributed by atoms with E-state index < -0.39 is 0 Å². The van der Waals surface area contributed by atoms with E-state index in [1.807, 2.05) is 17.9 Å². The summed E-state index contributed by atoms with van der Waals surface area (Å²) >= 11 is 0. The summed E-state index contributed by atoms with van der Waals surface area (Å²) < 4.78 is 13.6. The van der Waals surface area contributed by atoms with Gasteiger partial charge in [-0.05, 0) is 19.9 Å². The number of aryl methyl sites for hydroxylation is 1. The van der Waals surface area contributed by atoms with E-state index in [2.05, 4.69) is 29.9 Å². The van der Waals surface area contributed by atoms with E-state index in [-0.39, 0.29) is 48.2 Å². The number of nitrogens with zero attached hydrogens (tertiary/aromatic N) is 4. The zero-order valence-electron chi connectivity index (χ0n) is 15.9. The Kier molecular flexibility index (Phi) is 8.79. The second-order valence-electron chi connectivity index (χ2n) is 7.23. The average Bonchev–Trinajstić information content (AvgIpc) is 2.88. The molecule has 1 saturated heterocycles. The van der Waals surface area contributed by atoms with E-state index in [0.717, 1.165) is 26.1 Å². The first-order valence-corrected chi connectivity index (χ1v) is 8.42. The first-order valence-electron chi connectivity index (χ1n) is 8.42. The van der Waals surface area contributed by atoms with Crippen LogP contribution in [0.15, 0.2) is 12.3 Å². The summed E-state index contributed by atoms with van der Waals surface area (Å²) in [7, 11) is 5.43. The number of hydrogen-bond acceptors (Lipinski definition) is 5. The molecule has 0 aromatic carbocycles. The second kappa shape index (κ2) is 9.84. The van der Waals surface area contributed by atoms with Crippen LogP contribution < -0.4 is 0 Å². The van der Waals surface area contributed by atoms with Crippen molar-refractivity contribution in [2.45, 2.75) is 32.0 Å². The molecular weight excluding hydrogens is 435 g/mol. The first kappa shape index (κ1) is 22.3. The van der Waals surface area contributed by atoms with Crippen LogP contribution >= 0.6 is 24.0 Å². The van der Waals surface area contributed by atoms with Crippen molar-refractivity contribution in [2.24, 2.45) is 7.05 Å². The molecule has 0 bridgehead atoms. The molecule has 0 N–H and O–H groups in total. The quantitative estimate of drug-likeness (QED) is 0.565. The second-order valence-corrected chi connectivity index (χ2v) is 7.23. The molecule has 1 unspecified atom stereocenters. The van der Waals surface area contributed by atoms with Crippen molar-refractivity contribution in [1.29, 1.82) is 0 Å².